The van der Waals surface area contributed by atoms with Crippen molar-refractivity contribution in [2.75, 3.05) is 33.9 Å². The van der Waals surface area contributed by atoms with E-state index in [1.807, 2.05) is 6.20 Å². The second kappa shape index (κ2) is 6.05. The Hall–Kier alpha value is -0.650. The molecule has 0 aromatic carbocycles. The topological polar surface area (TPSA) is 33.2 Å². The van der Waals surface area contributed by atoms with Gasteiger partial charge in [0.2, 0.25) is 0 Å². The van der Waals surface area contributed by atoms with Crippen molar-refractivity contribution in [2.24, 2.45) is 0 Å². The van der Waals surface area contributed by atoms with Gasteiger partial charge < -0.3 is 19.2 Å². The summed E-state index contributed by atoms with van der Waals surface area (Å²) in [4.78, 5) is 5.27. The molecule has 0 fully saturated rings. The molecule has 0 atom stereocenters. The van der Waals surface area contributed by atoms with Gasteiger partial charge in [0, 0.05) is 38.6 Å². The van der Waals surface area contributed by atoms with Gasteiger partial charge in [0.1, 0.15) is 0 Å². The summed E-state index contributed by atoms with van der Waals surface area (Å²) in [6, 6.07) is 0. The molecule has 1 rings (SSSR count). The smallest absolute Gasteiger partial charge is 0.177 e. The summed E-state index contributed by atoms with van der Waals surface area (Å²) in [5, 5.41) is 0. The molecule has 1 aromatic heterocycles. The zero-order chi connectivity index (χ0) is 11.3. The van der Waals surface area contributed by atoms with Crippen molar-refractivity contribution in [3.8, 4) is 0 Å². The number of rotatable bonds is 6. The fourth-order valence-electron chi connectivity index (χ4n) is 1.39. The van der Waals surface area contributed by atoms with Crippen molar-refractivity contribution in [3.63, 3.8) is 0 Å². The maximum absolute atomic E-state index is 5.18. The molecule has 0 saturated carbocycles. The standard InChI is InChI=1S/C10H19N3OS/c1-9-8-11-10(15)13(9)5-4-12(2)6-7-14-3/h8H,4-7H2,1-3H3,(H,11,15). The first-order valence-electron chi connectivity index (χ1n) is 5.07. The number of aromatic amines is 1. The molecule has 0 bridgehead atoms. The van der Waals surface area contributed by atoms with Crippen LogP contribution in [0.2, 0.25) is 0 Å². The van der Waals surface area contributed by atoms with Gasteiger partial charge in [-0.2, -0.15) is 0 Å². The lowest BCUT2D eigenvalue weighted by Gasteiger charge is -2.16. The maximum Gasteiger partial charge on any atom is 0.177 e. The van der Waals surface area contributed by atoms with Crippen molar-refractivity contribution in [2.45, 2.75) is 13.5 Å². The van der Waals surface area contributed by atoms with Crippen LogP contribution in [0.25, 0.3) is 0 Å². The van der Waals surface area contributed by atoms with Gasteiger partial charge in [-0.25, -0.2) is 0 Å². The first-order chi connectivity index (χ1) is 7.15. The number of methoxy groups -OCH3 is 1. The molecular formula is C10H19N3OS. The quantitative estimate of drug-likeness (QED) is 0.749. The Kier molecular flexibility index (Phi) is 5.01. The van der Waals surface area contributed by atoms with Crippen molar-refractivity contribution in [1.29, 1.82) is 0 Å². The number of likely N-dealkylation sites (N-methyl/N-ethyl adjacent to an activating group) is 1. The number of hydrogen-bond donors (Lipinski definition) is 1. The second-order valence-corrected chi connectivity index (χ2v) is 4.07. The van der Waals surface area contributed by atoms with Crippen molar-refractivity contribution in [1.82, 2.24) is 14.5 Å². The highest BCUT2D eigenvalue weighted by atomic mass is 32.1. The van der Waals surface area contributed by atoms with Crippen LogP contribution in [-0.4, -0.2) is 48.3 Å². The number of imidazole rings is 1. The van der Waals surface area contributed by atoms with Gasteiger partial charge in [0.05, 0.1) is 6.61 Å². The van der Waals surface area contributed by atoms with E-state index >= 15 is 0 Å². The van der Waals surface area contributed by atoms with Crippen molar-refractivity contribution in [3.05, 3.63) is 16.7 Å². The van der Waals surface area contributed by atoms with E-state index in [0.717, 1.165) is 31.0 Å². The van der Waals surface area contributed by atoms with Crippen LogP contribution in [0, 0.1) is 11.7 Å². The van der Waals surface area contributed by atoms with Gasteiger partial charge in [-0.05, 0) is 26.2 Å². The van der Waals surface area contributed by atoms with Gasteiger partial charge in [-0.1, -0.05) is 0 Å². The van der Waals surface area contributed by atoms with E-state index in [4.69, 9.17) is 17.0 Å². The zero-order valence-electron chi connectivity index (χ0n) is 9.62. The summed E-state index contributed by atoms with van der Waals surface area (Å²) in [6.07, 6.45) is 1.94. The normalized spacial score (nSPS) is 11.2. The third kappa shape index (κ3) is 3.77. The highest BCUT2D eigenvalue weighted by Crippen LogP contribution is 1.99. The molecule has 0 amide bonds. The predicted octanol–water partition coefficient (Wildman–Crippen LogP) is 1.43. The first kappa shape index (κ1) is 12.4. The number of hydrogen-bond acceptors (Lipinski definition) is 3. The van der Waals surface area contributed by atoms with E-state index in [2.05, 4.69) is 28.4 Å². The molecule has 0 radical (unpaired) electrons. The van der Waals surface area contributed by atoms with E-state index in [0.29, 0.717) is 0 Å². The van der Waals surface area contributed by atoms with Gasteiger partial charge in [-0.15, -0.1) is 0 Å². The fraction of sp³-hybridized carbons (Fsp3) is 0.700. The van der Waals surface area contributed by atoms with Gasteiger partial charge in [0.25, 0.3) is 0 Å². The number of aryl methyl sites for hydroxylation is 1. The molecule has 0 unspecified atom stereocenters. The molecule has 1 heterocycles. The largest absolute Gasteiger partial charge is 0.383 e. The molecule has 1 N–H and O–H groups in total. The lowest BCUT2D eigenvalue weighted by Crippen LogP contribution is -2.27. The molecule has 0 aliphatic heterocycles. The monoisotopic (exact) mass is 229 g/mol. The second-order valence-electron chi connectivity index (χ2n) is 3.68. The van der Waals surface area contributed by atoms with Crippen LogP contribution in [0.5, 0.6) is 0 Å². The third-order valence-corrected chi connectivity index (χ3v) is 2.80. The Balaban J connectivity index is 2.40. The van der Waals surface area contributed by atoms with Crippen molar-refractivity contribution < 1.29 is 4.74 Å². The zero-order valence-corrected chi connectivity index (χ0v) is 10.4. The summed E-state index contributed by atoms with van der Waals surface area (Å²) in [5.74, 6) is 0. The molecule has 1 aromatic rings. The summed E-state index contributed by atoms with van der Waals surface area (Å²) in [6.45, 7) is 5.69. The van der Waals surface area contributed by atoms with Crippen LogP contribution >= 0.6 is 12.2 Å². The molecule has 4 nitrogen and oxygen atoms in total. The Labute approximate surface area is 95.9 Å². The van der Waals surface area contributed by atoms with Crippen LogP contribution in [0.3, 0.4) is 0 Å². The summed E-state index contributed by atoms with van der Waals surface area (Å²) in [7, 11) is 3.81. The van der Waals surface area contributed by atoms with E-state index in [9.17, 15) is 0 Å². The minimum absolute atomic E-state index is 0.772. The molecule has 15 heavy (non-hydrogen) atoms. The molecule has 0 aliphatic carbocycles. The average molecular weight is 229 g/mol. The number of nitrogens with zero attached hydrogens (tertiary/aromatic N) is 2. The Morgan fingerprint density at radius 1 is 1.53 bits per heavy atom. The fourth-order valence-corrected chi connectivity index (χ4v) is 1.68. The maximum atomic E-state index is 5.18. The van der Waals surface area contributed by atoms with Crippen LogP contribution < -0.4 is 0 Å². The van der Waals surface area contributed by atoms with Gasteiger partial charge in [0.15, 0.2) is 4.77 Å². The number of aromatic nitrogens is 2. The lowest BCUT2D eigenvalue weighted by molar-refractivity contribution is 0.159. The summed E-state index contributed by atoms with van der Waals surface area (Å²) < 4.78 is 7.93. The highest BCUT2D eigenvalue weighted by Gasteiger charge is 2.01. The molecule has 0 saturated heterocycles. The van der Waals surface area contributed by atoms with E-state index in [1.54, 1.807) is 7.11 Å². The third-order valence-electron chi connectivity index (χ3n) is 2.46. The van der Waals surface area contributed by atoms with Gasteiger partial charge in [-0.3, -0.25) is 0 Å². The average Bonchev–Trinajstić information content (AvgIpc) is 2.53. The van der Waals surface area contributed by atoms with Gasteiger partial charge >= 0.3 is 0 Å². The van der Waals surface area contributed by atoms with Crippen molar-refractivity contribution >= 4 is 12.2 Å². The Morgan fingerprint density at radius 2 is 2.27 bits per heavy atom. The Morgan fingerprint density at radius 3 is 2.80 bits per heavy atom. The summed E-state index contributed by atoms with van der Waals surface area (Å²) >= 11 is 5.18. The minimum atomic E-state index is 0.772. The Bertz CT molecular complexity index is 345. The molecule has 0 spiro atoms. The summed E-state index contributed by atoms with van der Waals surface area (Å²) in [5.41, 5.74) is 1.18. The van der Waals surface area contributed by atoms with Crippen LogP contribution in [0.15, 0.2) is 6.20 Å². The lowest BCUT2D eigenvalue weighted by atomic mass is 10.4. The van der Waals surface area contributed by atoms with E-state index in [-0.39, 0.29) is 0 Å². The molecule has 0 aliphatic rings. The number of H-pyrrole nitrogens is 1. The van der Waals surface area contributed by atoms with E-state index < -0.39 is 0 Å². The van der Waals surface area contributed by atoms with Crippen LogP contribution in [0.4, 0.5) is 0 Å². The number of nitrogens with one attached hydrogen (secondary N) is 1. The van der Waals surface area contributed by atoms with Crippen LogP contribution in [-0.2, 0) is 11.3 Å². The predicted molar refractivity (Wildman–Crippen MR) is 63.7 cm³/mol. The SMILES string of the molecule is COCCN(C)CCn1c(C)c[nH]c1=S. The van der Waals surface area contributed by atoms with Crippen LogP contribution in [0.1, 0.15) is 5.69 Å². The van der Waals surface area contributed by atoms with E-state index in [1.165, 1.54) is 5.69 Å². The molecule has 5 heteroatoms. The first-order valence-corrected chi connectivity index (χ1v) is 5.48. The highest BCUT2D eigenvalue weighted by molar-refractivity contribution is 7.71. The minimum Gasteiger partial charge on any atom is -0.383 e. The molecular weight excluding hydrogens is 210 g/mol. The molecule has 86 valence electrons. The number of ether oxygens (including phenoxy) is 1.